The molecule has 5 N–H and O–H groups in total. The number of alkyl halides is 5. The van der Waals surface area contributed by atoms with Gasteiger partial charge in [-0.05, 0) is 104 Å². The van der Waals surface area contributed by atoms with Crippen LogP contribution in [0.3, 0.4) is 0 Å². The van der Waals surface area contributed by atoms with Gasteiger partial charge in [0.2, 0.25) is 6.29 Å². The van der Waals surface area contributed by atoms with E-state index >= 15 is 0 Å². The first kappa shape index (κ1) is 42.2. The van der Waals surface area contributed by atoms with Gasteiger partial charge < -0.3 is 35.0 Å². The summed E-state index contributed by atoms with van der Waals surface area (Å²) >= 11 is 0. The fourth-order valence-corrected chi connectivity index (χ4v) is 10.8. The van der Waals surface area contributed by atoms with Crippen LogP contribution in [0.1, 0.15) is 114 Å². The molecular weight excluding hydrogens is 727 g/mol. The van der Waals surface area contributed by atoms with Gasteiger partial charge in [-0.15, -0.1) is 0 Å². The maximum atomic E-state index is 13.1. The number of carboxylic acid groups (broad SMARTS) is 1. The average molecular weight is 783 g/mol. The second-order valence-electron chi connectivity index (χ2n) is 16.0. The minimum Gasteiger partial charge on any atom is -0.479 e. The summed E-state index contributed by atoms with van der Waals surface area (Å²) in [6, 6.07) is 5.71. The highest BCUT2D eigenvalue weighted by atomic mass is 32.2. The Kier molecular flexibility index (Phi) is 13.9. The summed E-state index contributed by atoms with van der Waals surface area (Å²) in [5, 5.41) is 51.2. The molecule has 5 rings (SSSR count). The largest absolute Gasteiger partial charge is 0.479 e. The zero-order chi connectivity index (χ0) is 38.7. The highest BCUT2D eigenvalue weighted by molar-refractivity contribution is 7.84. The highest BCUT2D eigenvalue weighted by Gasteiger charge is 2.57. The van der Waals surface area contributed by atoms with Crippen molar-refractivity contribution in [3.05, 3.63) is 29.3 Å². The topological polar surface area (TPSA) is 154 Å². The Hall–Kier alpha value is -1.91. The third-order valence-electron chi connectivity index (χ3n) is 12.6. The highest BCUT2D eigenvalue weighted by Crippen LogP contribution is 2.63. The Morgan fingerprint density at radius 1 is 0.906 bits per heavy atom. The van der Waals surface area contributed by atoms with E-state index in [0.717, 1.165) is 82.6 Å². The van der Waals surface area contributed by atoms with Gasteiger partial charge in [-0.25, -0.2) is 4.79 Å². The number of benzene rings is 1. The van der Waals surface area contributed by atoms with E-state index in [4.69, 9.17) is 9.47 Å². The van der Waals surface area contributed by atoms with Crippen molar-refractivity contribution in [1.82, 2.24) is 0 Å². The number of carbonyl (C=O) groups is 1. The minimum atomic E-state index is -5.58. The lowest BCUT2D eigenvalue weighted by Gasteiger charge is -2.53. The monoisotopic (exact) mass is 782 g/mol. The molecule has 1 aliphatic heterocycles. The third-order valence-corrected chi connectivity index (χ3v) is 14.1. The van der Waals surface area contributed by atoms with Crippen LogP contribution in [0.4, 0.5) is 22.0 Å². The van der Waals surface area contributed by atoms with Crippen molar-refractivity contribution in [2.24, 2.45) is 23.2 Å². The van der Waals surface area contributed by atoms with Gasteiger partial charge in [0.05, 0.1) is 6.10 Å². The van der Waals surface area contributed by atoms with Crippen LogP contribution in [-0.2, 0) is 26.8 Å². The van der Waals surface area contributed by atoms with Crippen LogP contribution >= 0.6 is 0 Å². The van der Waals surface area contributed by atoms with Crippen molar-refractivity contribution >= 4 is 16.8 Å². The molecule has 1 heterocycles. The number of carboxylic acids is 1. The summed E-state index contributed by atoms with van der Waals surface area (Å²) < 4.78 is 86.3. The number of unbranched alkanes of at least 4 members (excludes halogenated alkanes) is 6. The molecule has 0 amide bonds. The summed E-state index contributed by atoms with van der Waals surface area (Å²) in [5.41, 5.74) is 2.24. The number of aliphatic hydroxyl groups excluding tert-OH is 4. The van der Waals surface area contributed by atoms with Gasteiger partial charge in [-0.2, -0.15) is 22.0 Å². The van der Waals surface area contributed by atoms with Gasteiger partial charge in [0.25, 0.3) is 0 Å². The lowest BCUT2D eigenvalue weighted by molar-refractivity contribution is -0.284. The van der Waals surface area contributed by atoms with E-state index in [-0.39, 0.29) is 17.3 Å². The molecule has 0 spiro atoms. The number of hydrogen-bond donors (Lipinski definition) is 5. The number of fused-ring (bicyclic) bond motifs is 5. The Labute approximate surface area is 310 Å². The molecule has 53 heavy (non-hydrogen) atoms. The Bertz CT molecular complexity index is 1410. The average Bonchev–Trinajstić information content (AvgIpc) is 3.40. The summed E-state index contributed by atoms with van der Waals surface area (Å²) in [4.78, 5) is 11.6. The summed E-state index contributed by atoms with van der Waals surface area (Å²) in [5.74, 6) is -4.22. The fourth-order valence-electron chi connectivity index (χ4n) is 9.63. The van der Waals surface area contributed by atoms with Crippen LogP contribution in [-0.4, -0.2) is 96.1 Å². The lowest BCUT2D eigenvalue weighted by atomic mass is 9.52. The van der Waals surface area contributed by atoms with Gasteiger partial charge >= 0.3 is 18.1 Å². The van der Waals surface area contributed by atoms with Gasteiger partial charge in [0.15, 0.2) is 6.10 Å². The van der Waals surface area contributed by atoms with Gasteiger partial charge in [-0.3, -0.25) is 4.21 Å². The Morgan fingerprint density at radius 3 is 2.25 bits per heavy atom. The molecule has 15 heteroatoms. The van der Waals surface area contributed by atoms with Crippen molar-refractivity contribution in [3.63, 3.8) is 0 Å². The van der Waals surface area contributed by atoms with E-state index in [9.17, 15) is 56.5 Å². The van der Waals surface area contributed by atoms with Crippen LogP contribution < -0.4 is 4.74 Å². The van der Waals surface area contributed by atoms with E-state index in [2.05, 4.69) is 6.92 Å². The van der Waals surface area contributed by atoms with Gasteiger partial charge in [-0.1, -0.05) is 51.5 Å². The standard InChI is InChI=1S/C38H55F5O9S/c1-36-17-15-26-25-12-11-24(51-35-32(47)30(45)31(46)33(52-35)34(48)49)21-23(25)20-22(29(26)27(36)13-14-28(36)44)10-7-5-3-2-4-6-8-18-53(50)19-9-16-37(39,40)38(41,42)43/h11-12,21-22,26-33,35,44-47H,2-10,13-20H2,1H3,(H,48,49)/t22-,26-,27+,28+,29-,30+,31+,32-,33+,35-,36+,53?/m1/s1. The lowest BCUT2D eigenvalue weighted by Crippen LogP contribution is -2.61. The molecule has 9 nitrogen and oxygen atoms in total. The predicted octanol–water partition coefficient (Wildman–Crippen LogP) is 6.25. The van der Waals surface area contributed by atoms with Crippen LogP contribution in [0.15, 0.2) is 18.2 Å². The Balaban J connectivity index is 1.12. The van der Waals surface area contributed by atoms with E-state index < -0.39 is 72.4 Å². The van der Waals surface area contributed by atoms with E-state index in [1.54, 1.807) is 6.07 Å². The molecule has 0 aromatic heterocycles. The number of hydrogen-bond acceptors (Lipinski definition) is 8. The molecule has 0 radical (unpaired) electrons. The van der Waals surface area contributed by atoms with E-state index in [1.165, 1.54) is 5.56 Å². The first-order valence-electron chi connectivity index (χ1n) is 19.1. The molecule has 3 aliphatic carbocycles. The van der Waals surface area contributed by atoms with Gasteiger partial charge in [0.1, 0.15) is 24.1 Å². The number of aliphatic hydroxyl groups is 4. The van der Waals surface area contributed by atoms with E-state index in [1.807, 2.05) is 12.1 Å². The first-order valence-corrected chi connectivity index (χ1v) is 20.6. The van der Waals surface area contributed by atoms with Crippen LogP contribution in [0.5, 0.6) is 5.75 Å². The first-order chi connectivity index (χ1) is 24.9. The molecule has 4 aliphatic rings. The van der Waals surface area contributed by atoms with Crippen molar-refractivity contribution in [3.8, 4) is 5.75 Å². The molecule has 2 saturated carbocycles. The van der Waals surface area contributed by atoms with Crippen molar-refractivity contribution in [2.45, 2.75) is 158 Å². The Morgan fingerprint density at radius 2 is 1.57 bits per heavy atom. The number of rotatable bonds is 17. The molecule has 1 aromatic rings. The fraction of sp³-hybridized carbons (Fsp3) is 0.816. The zero-order valence-electron chi connectivity index (χ0n) is 30.2. The van der Waals surface area contributed by atoms with Crippen molar-refractivity contribution in [2.75, 3.05) is 11.5 Å². The van der Waals surface area contributed by atoms with E-state index in [0.29, 0.717) is 41.6 Å². The molecule has 0 bridgehead atoms. The number of halogens is 5. The summed E-state index contributed by atoms with van der Waals surface area (Å²) in [6.45, 7) is 2.24. The number of ether oxygens (including phenoxy) is 2. The number of aliphatic carboxylic acids is 1. The molecule has 12 atom stereocenters. The van der Waals surface area contributed by atoms with Crippen LogP contribution in [0.2, 0.25) is 0 Å². The quantitative estimate of drug-likeness (QED) is 0.0913. The zero-order valence-corrected chi connectivity index (χ0v) is 31.0. The van der Waals surface area contributed by atoms with Gasteiger partial charge in [0, 0.05) is 28.7 Å². The molecular formula is C38H55F5O9S. The third kappa shape index (κ3) is 9.56. The van der Waals surface area contributed by atoms with Crippen molar-refractivity contribution < 1.29 is 66.0 Å². The maximum absolute atomic E-state index is 13.1. The SMILES string of the molecule is C[C@]12CC[C@@H]3c4ccc(O[C@@H]5O[C@H](C(=O)O)[C@@H](O)[C@H](O)[C@H]5O)cc4C[C@@H](CCCCCCCCCS(=O)CCCC(F)(F)C(F)(F)F)[C@H]3[C@@H]1CC[C@@H]2O. The molecule has 1 unspecified atom stereocenters. The second kappa shape index (κ2) is 17.5. The molecule has 1 aromatic carbocycles. The molecule has 302 valence electrons. The summed E-state index contributed by atoms with van der Waals surface area (Å²) in [6.07, 6.45) is -4.22. The smallest absolute Gasteiger partial charge is 0.453 e. The normalized spacial score (nSPS) is 34.9. The maximum Gasteiger partial charge on any atom is 0.453 e. The van der Waals surface area contributed by atoms with Crippen LogP contribution in [0, 0.1) is 23.2 Å². The van der Waals surface area contributed by atoms with Crippen molar-refractivity contribution in [1.29, 1.82) is 0 Å². The predicted molar refractivity (Wildman–Crippen MR) is 186 cm³/mol. The molecule has 1 saturated heterocycles. The minimum absolute atomic E-state index is 0.113. The second-order valence-corrected chi connectivity index (χ2v) is 17.7. The van der Waals surface area contributed by atoms with Crippen LogP contribution in [0.25, 0.3) is 0 Å². The summed E-state index contributed by atoms with van der Waals surface area (Å²) in [7, 11) is -1.41. The molecule has 3 fully saturated rings.